The van der Waals surface area contributed by atoms with Crippen molar-refractivity contribution in [1.82, 2.24) is 14.8 Å². The maximum atomic E-state index is 12.6. The predicted octanol–water partition coefficient (Wildman–Crippen LogP) is 1.62. The molecule has 6 nitrogen and oxygen atoms in total. The van der Waals surface area contributed by atoms with Gasteiger partial charge in [0.25, 0.3) is 0 Å². The van der Waals surface area contributed by atoms with Gasteiger partial charge in [0.1, 0.15) is 0 Å². The zero-order valence-electron chi connectivity index (χ0n) is 11.8. The van der Waals surface area contributed by atoms with Gasteiger partial charge < -0.3 is 9.64 Å². The lowest BCUT2D eigenvalue weighted by Gasteiger charge is -2.25. The van der Waals surface area contributed by atoms with Crippen LogP contribution in [-0.4, -0.2) is 53.0 Å². The summed E-state index contributed by atoms with van der Waals surface area (Å²) in [5.41, 5.74) is 0.801. The first-order valence-corrected chi connectivity index (χ1v) is 6.80. The first kappa shape index (κ1) is 15.6. The minimum atomic E-state index is -0.581. The van der Waals surface area contributed by atoms with Crippen LogP contribution in [0.5, 0.6) is 0 Å². The van der Waals surface area contributed by atoms with Gasteiger partial charge in [-0.2, -0.15) is 0 Å². The second-order valence-electron chi connectivity index (χ2n) is 5.17. The molecule has 0 spiro atoms. The van der Waals surface area contributed by atoms with Crippen LogP contribution in [0.25, 0.3) is 0 Å². The molecule has 0 N–H and O–H groups in total. The number of cyclic esters (lactones) is 1. The van der Waals surface area contributed by atoms with E-state index in [1.165, 1.54) is 4.90 Å². The third-order valence-corrected chi connectivity index (χ3v) is 3.93. The summed E-state index contributed by atoms with van der Waals surface area (Å²) in [5.74, 6) is -0.0299. The topological polar surface area (TPSA) is 62.7 Å². The Balaban J connectivity index is 0.00000161. The summed E-state index contributed by atoms with van der Waals surface area (Å²) < 4.78 is 5.36. The molecule has 2 amide bonds. The van der Waals surface area contributed by atoms with E-state index in [0.717, 1.165) is 31.5 Å². The summed E-state index contributed by atoms with van der Waals surface area (Å²) in [5, 5.41) is 0. The largest absolute Gasteiger partial charge is 0.438 e. The van der Waals surface area contributed by atoms with Crippen molar-refractivity contribution in [1.29, 1.82) is 0 Å². The molecule has 7 heteroatoms. The number of carbonyl (C=O) groups excluding carboxylic acids is 2. The summed E-state index contributed by atoms with van der Waals surface area (Å²) in [6.07, 6.45) is 4.32. The molecule has 114 valence electrons. The van der Waals surface area contributed by atoms with Crippen LogP contribution < -0.4 is 0 Å². The zero-order chi connectivity index (χ0) is 14.1. The monoisotopic (exact) mass is 311 g/mol. The molecular weight excluding hydrogens is 294 g/mol. The summed E-state index contributed by atoms with van der Waals surface area (Å²) in [6.45, 7) is 1.53. The SMILES string of the molecule is CN1C(=O)OC(c2ccncc2)[C@@H]1C(=O)N1CCCC1.Cl. The number of halogens is 1. The third-order valence-electron chi connectivity index (χ3n) is 3.93. The van der Waals surface area contributed by atoms with Gasteiger partial charge in [-0.1, -0.05) is 0 Å². The quantitative estimate of drug-likeness (QED) is 0.832. The van der Waals surface area contributed by atoms with Crippen LogP contribution in [0.15, 0.2) is 24.5 Å². The minimum absolute atomic E-state index is 0. The van der Waals surface area contributed by atoms with E-state index in [1.807, 2.05) is 4.90 Å². The number of aromatic nitrogens is 1. The van der Waals surface area contributed by atoms with Gasteiger partial charge in [-0.25, -0.2) is 4.79 Å². The van der Waals surface area contributed by atoms with E-state index in [2.05, 4.69) is 4.98 Å². The average Bonchev–Trinajstić information content (AvgIpc) is 3.09. The highest BCUT2D eigenvalue weighted by atomic mass is 35.5. The fourth-order valence-electron chi connectivity index (χ4n) is 2.80. The fourth-order valence-corrected chi connectivity index (χ4v) is 2.80. The number of hydrogen-bond acceptors (Lipinski definition) is 4. The molecule has 0 aromatic carbocycles. The highest BCUT2D eigenvalue weighted by Crippen LogP contribution is 2.33. The van der Waals surface area contributed by atoms with Gasteiger partial charge in [0.2, 0.25) is 5.91 Å². The highest BCUT2D eigenvalue weighted by molar-refractivity contribution is 5.89. The summed E-state index contributed by atoms with van der Waals surface area (Å²) in [4.78, 5) is 31.6. The lowest BCUT2D eigenvalue weighted by atomic mass is 10.0. The van der Waals surface area contributed by atoms with E-state index in [1.54, 1.807) is 31.6 Å². The van der Waals surface area contributed by atoms with Crippen LogP contribution in [0, 0.1) is 0 Å². The molecule has 1 unspecified atom stereocenters. The minimum Gasteiger partial charge on any atom is -0.438 e. The molecule has 0 bridgehead atoms. The van der Waals surface area contributed by atoms with Crippen LogP contribution >= 0.6 is 12.4 Å². The molecule has 3 heterocycles. The Labute approximate surface area is 129 Å². The Bertz CT molecular complexity index is 519. The molecule has 2 aliphatic rings. The van der Waals surface area contributed by atoms with Crippen LogP contribution in [-0.2, 0) is 9.53 Å². The predicted molar refractivity (Wildman–Crippen MR) is 78.1 cm³/mol. The molecule has 0 radical (unpaired) electrons. The van der Waals surface area contributed by atoms with Crippen molar-refractivity contribution in [3.05, 3.63) is 30.1 Å². The maximum Gasteiger partial charge on any atom is 0.411 e. The van der Waals surface area contributed by atoms with Crippen molar-refractivity contribution < 1.29 is 14.3 Å². The average molecular weight is 312 g/mol. The molecule has 2 fully saturated rings. The first-order valence-electron chi connectivity index (χ1n) is 6.80. The first-order chi connectivity index (χ1) is 9.68. The molecule has 1 aromatic heterocycles. The lowest BCUT2D eigenvalue weighted by molar-refractivity contribution is -0.135. The van der Waals surface area contributed by atoms with Gasteiger partial charge in [-0.15, -0.1) is 12.4 Å². The third kappa shape index (κ3) is 2.81. The number of likely N-dealkylation sites (N-methyl/N-ethyl adjacent to an activating group) is 1. The van der Waals surface area contributed by atoms with Crippen LogP contribution in [0.4, 0.5) is 4.79 Å². The molecule has 0 saturated carbocycles. The van der Waals surface area contributed by atoms with Crippen LogP contribution in [0.1, 0.15) is 24.5 Å². The molecule has 2 atom stereocenters. The Hall–Kier alpha value is -1.82. The number of nitrogens with zero attached hydrogens (tertiary/aromatic N) is 3. The number of ether oxygens (including phenoxy) is 1. The van der Waals surface area contributed by atoms with Crippen molar-refractivity contribution in [2.75, 3.05) is 20.1 Å². The Morgan fingerprint density at radius 2 is 1.90 bits per heavy atom. The van der Waals surface area contributed by atoms with Gasteiger partial charge in [0, 0.05) is 32.5 Å². The number of hydrogen-bond donors (Lipinski definition) is 0. The zero-order valence-corrected chi connectivity index (χ0v) is 12.6. The molecule has 21 heavy (non-hydrogen) atoms. The van der Waals surface area contributed by atoms with Crippen LogP contribution in [0.3, 0.4) is 0 Å². The molecule has 1 aromatic rings. The van der Waals surface area contributed by atoms with E-state index in [9.17, 15) is 9.59 Å². The smallest absolute Gasteiger partial charge is 0.411 e. The molecule has 2 saturated heterocycles. The fraction of sp³-hybridized carbons (Fsp3) is 0.500. The number of likely N-dealkylation sites (tertiary alicyclic amines) is 1. The Kier molecular flexibility index (Phi) is 4.67. The van der Waals surface area contributed by atoms with Gasteiger partial charge in [-0.05, 0) is 30.5 Å². The van der Waals surface area contributed by atoms with E-state index < -0.39 is 18.2 Å². The van der Waals surface area contributed by atoms with E-state index in [0.29, 0.717) is 0 Å². The second kappa shape index (κ2) is 6.30. The number of pyridine rings is 1. The summed E-state index contributed by atoms with van der Waals surface area (Å²) in [6, 6.07) is 2.98. The summed E-state index contributed by atoms with van der Waals surface area (Å²) >= 11 is 0. The molecule has 2 aliphatic heterocycles. The van der Waals surface area contributed by atoms with Gasteiger partial charge in [-0.3, -0.25) is 14.7 Å². The second-order valence-corrected chi connectivity index (χ2v) is 5.17. The lowest BCUT2D eigenvalue weighted by Crippen LogP contribution is -2.46. The van der Waals surface area contributed by atoms with Gasteiger partial charge >= 0.3 is 6.09 Å². The summed E-state index contributed by atoms with van der Waals surface area (Å²) in [7, 11) is 1.61. The van der Waals surface area contributed by atoms with E-state index >= 15 is 0 Å². The van der Waals surface area contributed by atoms with Crippen molar-refractivity contribution in [3.63, 3.8) is 0 Å². The molecular formula is C14H18ClN3O3. The van der Waals surface area contributed by atoms with E-state index in [4.69, 9.17) is 4.74 Å². The maximum absolute atomic E-state index is 12.6. The molecule has 3 rings (SSSR count). The van der Waals surface area contributed by atoms with Crippen molar-refractivity contribution in [2.45, 2.75) is 25.0 Å². The number of carbonyl (C=O) groups is 2. The van der Waals surface area contributed by atoms with Gasteiger partial charge in [0.05, 0.1) is 0 Å². The number of rotatable bonds is 2. The van der Waals surface area contributed by atoms with Gasteiger partial charge in [0.15, 0.2) is 12.1 Å². The van der Waals surface area contributed by atoms with E-state index in [-0.39, 0.29) is 18.3 Å². The standard InChI is InChI=1S/C14H17N3O3.ClH/c1-16-11(13(18)17-8-2-3-9-17)12(20-14(16)19)10-4-6-15-7-5-10;/h4-7,11-12H,2-3,8-9H2,1H3;1H/t11-,12?;/m1./s1. The Morgan fingerprint density at radius 3 is 2.52 bits per heavy atom. The molecule has 0 aliphatic carbocycles. The normalized spacial score (nSPS) is 24.7. The van der Waals surface area contributed by atoms with Crippen LogP contribution in [0.2, 0.25) is 0 Å². The van der Waals surface area contributed by atoms with Crippen molar-refractivity contribution >= 4 is 24.4 Å². The number of amides is 2. The van der Waals surface area contributed by atoms with Crippen molar-refractivity contribution in [2.24, 2.45) is 0 Å². The highest BCUT2D eigenvalue weighted by Gasteiger charge is 2.46. The van der Waals surface area contributed by atoms with Crippen molar-refractivity contribution in [3.8, 4) is 0 Å². The Morgan fingerprint density at radius 1 is 1.29 bits per heavy atom.